The van der Waals surface area contributed by atoms with E-state index in [2.05, 4.69) is 22.4 Å². The van der Waals surface area contributed by atoms with Gasteiger partial charge in [0.25, 0.3) is 5.91 Å². The Hall–Kier alpha value is -2.23. The fraction of sp³-hybridized carbons (Fsp3) is 0.250. The molecular weight excluding hydrogens is 255 g/mol. The Morgan fingerprint density at radius 3 is 2.60 bits per heavy atom. The van der Waals surface area contributed by atoms with Crippen LogP contribution in [0.1, 0.15) is 28.9 Å². The zero-order valence-corrected chi connectivity index (χ0v) is 11.0. The van der Waals surface area contributed by atoms with Crippen LogP contribution in [0.3, 0.4) is 0 Å². The monoisotopic (exact) mass is 270 g/mol. The second kappa shape index (κ2) is 5.04. The predicted molar refractivity (Wildman–Crippen MR) is 73.9 cm³/mol. The number of carbonyl (C=O) groups is 1. The van der Waals surface area contributed by atoms with E-state index >= 15 is 0 Å². The lowest BCUT2D eigenvalue weighted by molar-refractivity contribution is 0.0940. The van der Waals surface area contributed by atoms with Crippen LogP contribution in [0.15, 0.2) is 48.7 Å². The number of halogens is 1. The Bertz CT molecular complexity index is 623. The van der Waals surface area contributed by atoms with Gasteiger partial charge in [-0.15, -0.1) is 0 Å². The van der Waals surface area contributed by atoms with Crippen molar-refractivity contribution in [1.29, 1.82) is 0 Å². The molecular formula is C16H15FN2O. The summed E-state index contributed by atoms with van der Waals surface area (Å²) in [6, 6.07) is 12.8. The molecule has 0 radical (unpaired) electrons. The van der Waals surface area contributed by atoms with Crippen molar-refractivity contribution in [3.8, 4) is 0 Å². The van der Waals surface area contributed by atoms with Gasteiger partial charge in [-0.1, -0.05) is 30.3 Å². The van der Waals surface area contributed by atoms with Gasteiger partial charge >= 0.3 is 0 Å². The van der Waals surface area contributed by atoms with Crippen molar-refractivity contribution in [1.82, 2.24) is 10.3 Å². The van der Waals surface area contributed by atoms with E-state index in [1.54, 1.807) is 0 Å². The van der Waals surface area contributed by atoms with Gasteiger partial charge in [0.15, 0.2) is 11.5 Å². The van der Waals surface area contributed by atoms with Gasteiger partial charge in [0.1, 0.15) is 0 Å². The summed E-state index contributed by atoms with van der Waals surface area (Å²) in [6.07, 6.45) is 3.51. The molecule has 1 N–H and O–H groups in total. The third-order valence-corrected chi connectivity index (χ3v) is 3.80. The van der Waals surface area contributed by atoms with Gasteiger partial charge in [0.2, 0.25) is 0 Å². The average Bonchev–Trinajstić information content (AvgIpc) is 3.27. The summed E-state index contributed by atoms with van der Waals surface area (Å²) in [4.78, 5) is 15.7. The van der Waals surface area contributed by atoms with Crippen LogP contribution in [-0.4, -0.2) is 17.4 Å². The first kappa shape index (κ1) is 12.8. The molecule has 1 aliphatic carbocycles. The number of pyridine rings is 1. The van der Waals surface area contributed by atoms with Crippen molar-refractivity contribution < 1.29 is 9.18 Å². The molecule has 102 valence electrons. The fourth-order valence-electron chi connectivity index (χ4n) is 2.40. The SMILES string of the molecule is O=C(NCC1(c2ccccc2)CC1)c1ncccc1F. The molecule has 1 heterocycles. The molecule has 2 aromatic rings. The summed E-state index contributed by atoms with van der Waals surface area (Å²) in [5.41, 5.74) is 1.10. The highest BCUT2D eigenvalue weighted by atomic mass is 19.1. The highest BCUT2D eigenvalue weighted by molar-refractivity contribution is 5.92. The molecule has 4 heteroatoms. The second-order valence-electron chi connectivity index (χ2n) is 5.16. The Morgan fingerprint density at radius 1 is 1.20 bits per heavy atom. The molecule has 1 fully saturated rings. The number of nitrogens with one attached hydrogen (secondary N) is 1. The lowest BCUT2D eigenvalue weighted by atomic mass is 9.96. The normalized spacial score (nSPS) is 15.7. The zero-order valence-electron chi connectivity index (χ0n) is 11.0. The van der Waals surface area contributed by atoms with Crippen LogP contribution >= 0.6 is 0 Å². The van der Waals surface area contributed by atoms with Crippen LogP contribution in [0.25, 0.3) is 0 Å². The minimum Gasteiger partial charge on any atom is -0.350 e. The molecule has 0 atom stereocenters. The number of rotatable bonds is 4. The largest absolute Gasteiger partial charge is 0.350 e. The minimum absolute atomic E-state index is 0.0160. The lowest BCUT2D eigenvalue weighted by Gasteiger charge is -2.16. The molecule has 0 unspecified atom stereocenters. The van der Waals surface area contributed by atoms with Crippen molar-refractivity contribution in [2.75, 3.05) is 6.54 Å². The zero-order chi connectivity index (χ0) is 14.0. The highest BCUT2D eigenvalue weighted by Gasteiger charge is 2.44. The van der Waals surface area contributed by atoms with Gasteiger partial charge in [0.05, 0.1) is 0 Å². The Balaban J connectivity index is 1.69. The number of amides is 1. The molecule has 0 bridgehead atoms. The van der Waals surface area contributed by atoms with E-state index in [0.29, 0.717) is 6.54 Å². The molecule has 1 aromatic heterocycles. The summed E-state index contributed by atoms with van der Waals surface area (Å²) in [6.45, 7) is 0.520. The first-order valence-corrected chi connectivity index (χ1v) is 6.66. The standard InChI is InChI=1S/C16H15FN2O/c17-13-7-4-10-18-14(13)15(20)19-11-16(8-9-16)12-5-2-1-3-6-12/h1-7,10H,8-9,11H2,(H,19,20). The van der Waals surface area contributed by atoms with E-state index in [1.807, 2.05) is 18.2 Å². The Kier molecular flexibility index (Phi) is 3.22. The van der Waals surface area contributed by atoms with Crippen molar-refractivity contribution in [3.63, 3.8) is 0 Å². The maximum atomic E-state index is 13.5. The molecule has 3 rings (SSSR count). The molecule has 1 aliphatic rings. The number of hydrogen-bond acceptors (Lipinski definition) is 2. The number of hydrogen-bond donors (Lipinski definition) is 1. The topological polar surface area (TPSA) is 42.0 Å². The van der Waals surface area contributed by atoms with E-state index in [1.165, 1.54) is 23.9 Å². The van der Waals surface area contributed by atoms with Crippen molar-refractivity contribution in [3.05, 3.63) is 65.7 Å². The Labute approximate surface area is 116 Å². The summed E-state index contributed by atoms with van der Waals surface area (Å²) < 4.78 is 13.5. The smallest absolute Gasteiger partial charge is 0.272 e. The summed E-state index contributed by atoms with van der Waals surface area (Å²) in [7, 11) is 0. The first-order chi connectivity index (χ1) is 9.71. The van der Waals surface area contributed by atoms with Crippen LogP contribution in [0.4, 0.5) is 4.39 Å². The van der Waals surface area contributed by atoms with E-state index in [4.69, 9.17) is 0 Å². The van der Waals surface area contributed by atoms with Crippen LogP contribution in [0.5, 0.6) is 0 Å². The quantitative estimate of drug-likeness (QED) is 0.928. The molecule has 0 saturated heterocycles. The summed E-state index contributed by atoms with van der Waals surface area (Å²) in [5, 5.41) is 2.80. The van der Waals surface area contributed by atoms with Crippen molar-refractivity contribution >= 4 is 5.91 Å². The van der Waals surface area contributed by atoms with Gasteiger partial charge in [-0.2, -0.15) is 0 Å². The Morgan fingerprint density at radius 2 is 1.95 bits per heavy atom. The third kappa shape index (κ3) is 2.41. The van der Waals surface area contributed by atoms with Crippen LogP contribution in [-0.2, 0) is 5.41 Å². The van der Waals surface area contributed by atoms with E-state index in [9.17, 15) is 9.18 Å². The van der Waals surface area contributed by atoms with Crippen molar-refractivity contribution in [2.24, 2.45) is 0 Å². The average molecular weight is 270 g/mol. The number of carbonyl (C=O) groups excluding carboxylic acids is 1. The molecule has 1 amide bonds. The molecule has 1 aromatic carbocycles. The maximum Gasteiger partial charge on any atom is 0.272 e. The van der Waals surface area contributed by atoms with Crippen LogP contribution in [0, 0.1) is 5.82 Å². The van der Waals surface area contributed by atoms with Crippen LogP contribution in [0.2, 0.25) is 0 Å². The van der Waals surface area contributed by atoms with Crippen molar-refractivity contribution in [2.45, 2.75) is 18.3 Å². The molecule has 0 spiro atoms. The second-order valence-corrected chi connectivity index (χ2v) is 5.16. The van der Waals surface area contributed by atoms with Gasteiger partial charge in [-0.25, -0.2) is 9.37 Å². The van der Waals surface area contributed by atoms with Gasteiger partial charge in [0, 0.05) is 18.2 Å². The highest BCUT2D eigenvalue weighted by Crippen LogP contribution is 2.47. The summed E-state index contributed by atoms with van der Waals surface area (Å²) >= 11 is 0. The third-order valence-electron chi connectivity index (χ3n) is 3.80. The minimum atomic E-state index is -0.588. The van der Waals surface area contributed by atoms with Gasteiger partial charge in [-0.05, 0) is 30.5 Å². The van der Waals surface area contributed by atoms with Gasteiger partial charge in [-0.3, -0.25) is 4.79 Å². The molecule has 0 aliphatic heterocycles. The van der Waals surface area contributed by atoms with E-state index in [-0.39, 0.29) is 11.1 Å². The van der Waals surface area contributed by atoms with Gasteiger partial charge < -0.3 is 5.32 Å². The molecule has 20 heavy (non-hydrogen) atoms. The maximum absolute atomic E-state index is 13.5. The van der Waals surface area contributed by atoms with Crippen LogP contribution < -0.4 is 5.32 Å². The fourth-order valence-corrected chi connectivity index (χ4v) is 2.40. The predicted octanol–water partition coefficient (Wildman–Crippen LogP) is 2.68. The number of benzene rings is 1. The molecule has 3 nitrogen and oxygen atoms in total. The summed E-state index contributed by atoms with van der Waals surface area (Å²) in [5.74, 6) is -1.04. The first-order valence-electron chi connectivity index (χ1n) is 6.66. The number of aromatic nitrogens is 1. The number of nitrogens with zero attached hydrogens (tertiary/aromatic N) is 1. The molecule has 1 saturated carbocycles. The lowest BCUT2D eigenvalue weighted by Crippen LogP contribution is -2.33. The van der Waals surface area contributed by atoms with E-state index < -0.39 is 11.7 Å². The van der Waals surface area contributed by atoms with E-state index in [0.717, 1.165) is 12.8 Å².